The molecule has 6 nitrogen and oxygen atoms in total. The molecule has 0 saturated carbocycles. The van der Waals surface area contributed by atoms with Crippen LogP contribution in [-0.4, -0.2) is 29.1 Å². The van der Waals surface area contributed by atoms with Crippen LogP contribution in [0.25, 0.3) is 11.4 Å². The summed E-state index contributed by atoms with van der Waals surface area (Å²) in [5.74, 6) is 0.746. The number of hydrogen-bond acceptors (Lipinski definition) is 5. The molecule has 2 aromatic carbocycles. The topological polar surface area (TPSA) is 71.3 Å². The Morgan fingerprint density at radius 2 is 1.81 bits per heavy atom. The number of halogens is 1. The molecule has 1 fully saturated rings. The van der Waals surface area contributed by atoms with Crippen LogP contribution in [0, 0.1) is 11.7 Å². The van der Waals surface area contributed by atoms with E-state index in [9.17, 15) is 9.18 Å². The Morgan fingerprint density at radius 3 is 2.45 bits per heavy atom. The molecule has 1 aliphatic rings. The summed E-state index contributed by atoms with van der Waals surface area (Å²) < 4.78 is 18.5. The number of aromatic nitrogens is 2. The molecule has 1 aliphatic heterocycles. The van der Waals surface area contributed by atoms with E-state index >= 15 is 0 Å². The predicted molar refractivity (Wildman–Crippen MR) is 117 cm³/mol. The fourth-order valence-corrected chi connectivity index (χ4v) is 3.75. The summed E-state index contributed by atoms with van der Waals surface area (Å²) in [5.41, 5.74) is 3.08. The molecule has 0 aliphatic carbocycles. The molecule has 1 saturated heterocycles. The van der Waals surface area contributed by atoms with Crippen LogP contribution < -0.4 is 10.2 Å². The lowest BCUT2D eigenvalue weighted by Gasteiger charge is -2.29. The maximum atomic E-state index is 13.0. The fraction of sp³-hybridized carbons (Fsp3) is 0.375. The summed E-state index contributed by atoms with van der Waals surface area (Å²) >= 11 is 0. The molecular weight excluding hydrogens is 395 g/mol. The maximum absolute atomic E-state index is 13.0. The van der Waals surface area contributed by atoms with Crippen molar-refractivity contribution >= 4 is 11.9 Å². The summed E-state index contributed by atoms with van der Waals surface area (Å²) in [5, 5.41) is 7.08. The van der Waals surface area contributed by atoms with Gasteiger partial charge in [0.05, 0.1) is 0 Å². The molecule has 0 atom stereocenters. The van der Waals surface area contributed by atoms with E-state index < -0.39 is 0 Å². The second-order valence-electron chi connectivity index (χ2n) is 8.28. The Hall–Kier alpha value is -3.22. The average Bonchev–Trinajstić information content (AvgIpc) is 3.29. The van der Waals surface area contributed by atoms with Gasteiger partial charge in [-0.3, -0.25) is 4.79 Å². The van der Waals surface area contributed by atoms with Gasteiger partial charge in [0.2, 0.25) is 11.7 Å². The molecule has 0 unspecified atom stereocenters. The lowest BCUT2D eigenvalue weighted by Crippen LogP contribution is -2.40. The lowest BCUT2D eigenvalue weighted by molar-refractivity contribution is -0.125. The zero-order valence-corrected chi connectivity index (χ0v) is 17.8. The first-order chi connectivity index (χ1) is 15.0. The molecule has 4 rings (SSSR count). The lowest BCUT2D eigenvalue weighted by atomic mass is 9.96. The smallest absolute Gasteiger partial charge is 0.324 e. The number of amides is 1. The van der Waals surface area contributed by atoms with Crippen LogP contribution in [0.2, 0.25) is 0 Å². The average molecular weight is 423 g/mol. The van der Waals surface area contributed by atoms with Gasteiger partial charge in [-0.2, -0.15) is 4.98 Å². The van der Waals surface area contributed by atoms with Crippen molar-refractivity contribution in [1.29, 1.82) is 0 Å². The first kappa shape index (κ1) is 21.0. The van der Waals surface area contributed by atoms with Crippen LogP contribution in [0.4, 0.5) is 10.4 Å². The van der Waals surface area contributed by atoms with Crippen LogP contribution in [0.5, 0.6) is 0 Å². The predicted octanol–water partition coefficient (Wildman–Crippen LogP) is 4.53. The highest BCUT2D eigenvalue weighted by molar-refractivity contribution is 5.78. The maximum Gasteiger partial charge on any atom is 0.324 e. The van der Waals surface area contributed by atoms with Crippen LogP contribution >= 0.6 is 0 Å². The Kier molecular flexibility index (Phi) is 6.30. The first-order valence-electron chi connectivity index (χ1n) is 10.7. The standard InChI is InChI=1S/C24H27FN4O2/c1-16(2)18-5-7-19(8-6-18)22-27-24(31-28-22)29-13-11-20(12-14-29)23(30)26-15-17-3-9-21(25)10-4-17/h3-10,16,20H,11-15H2,1-2H3,(H,26,30). The van der Waals surface area contributed by atoms with Gasteiger partial charge in [-0.15, -0.1) is 0 Å². The number of nitrogens with one attached hydrogen (secondary N) is 1. The van der Waals surface area contributed by atoms with Crippen molar-refractivity contribution in [2.75, 3.05) is 18.0 Å². The Morgan fingerprint density at radius 1 is 1.13 bits per heavy atom. The molecule has 0 bridgehead atoms. The Labute approximate surface area is 181 Å². The Bertz CT molecular complexity index is 1010. The summed E-state index contributed by atoms with van der Waals surface area (Å²) in [7, 11) is 0. The zero-order valence-electron chi connectivity index (χ0n) is 17.8. The molecule has 2 heterocycles. The van der Waals surface area contributed by atoms with Gasteiger partial charge in [0.1, 0.15) is 5.82 Å². The second kappa shape index (κ2) is 9.29. The van der Waals surface area contributed by atoms with Crippen molar-refractivity contribution < 1.29 is 13.7 Å². The molecule has 7 heteroatoms. The summed E-state index contributed by atoms with van der Waals surface area (Å²) in [4.78, 5) is 19.1. The minimum Gasteiger partial charge on any atom is -0.352 e. The van der Waals surface area contributed by atoms with E-state index in [1.165, 1.54) is 17.7 Å². The third-order valence-electron chi connectivity index (χ3n) is 5.77. The molecule has 1 N–H and O–H groups in total. The van der Waals surface area contributed by atoms with Crippen LogP contribution in [0.15, 0.2) is 53.1 Å². The second-order valence-corrected chi connectivity index (χ2v) is 8.28. The van der Waals surface area contributed by atoms with E-state index in [1.54, 1.807) is 12.1 Å². The summed E-state index contributed by atoms with van der Waals surface area (Å²) in [6, 6.07) is 14.9. The van der Waals surface area contributed by atoms with Gasteiger partial charge in [0.25, 0.3) is 0 Å². The van der Waals surface area contributed by atoms with E-state index in [4.69, 9.17) is 4.52 Å². The molecule has 1 amide bonds. The third kappa shape index (κ3) is 5.10. The largest absolute Gasteiger partial charge is 0.352 e. The fourth-order valence-electron chi connectivity index (χ4n) is 3.75. The van der Waals surface area contributed by atoms with Gasteiger partial charge in [0.15, 0.2) is 0 Å². The molecule has 162 valence electrons. The first-order valence-corrected chi connectivity index (χ1v) is 10.7. The van der Waals surface area contributed by atoms with Crippen molar-refractivity contribution in [3.63, 3.8) is 0 Å². The van der Waals surface area contributed by atoms with E-state index in [0.717, 1.165) is 24.0 Å². The van der Waals surface area contributed by atoms with E-state index in [-0.39, 0.29) is 17.6 Å². The van der Waals surface area contributed by atoms with Gasteiger partial charge < -0.3 is 14.7 Å². The summed E-state index contributed by atoms with van der Waals surface area (Å²) in [6.07, 6.45) is 1.44. The number of rotatable bonds is 6. The zero-order chi connectivity index (χ0) is 21.8. The van der Waals surface area contributed by atoms with Crippen molar-refractivity contribution in [1.82, 2.24) is 15.5 Å². The number of piperidine rings is 1. The van der Waals surface area contributed by atoms with Crippen molar-refractivity contribution in [2.24, 2.45) is 5.92 Å². The van der Waals surface area contributed by atoms with Gasteiger partial charge in [0, 0.05) is 31.1 Å². The number of anilines is 1. The minimum atomic E-state index is -0.279. The molecule has 0 spiro atoms. The number of carbonyl (C=O) groups is 1. The van der Waals surface area contributed by atoms with Crippen LogP contribution in [-0.2, 0) is 11.3 Å². The van der Waals surface area contributed by atoms with Crippen LogP contribution in [0.1, 0.15) is 43.7 Å². The van der Waals surface area contributed by atoms with Gasteiger partial charge in [-0.05, 0) is 42.0 Å². The van der Waals surface area contributed by atoms with Crippen LogP contribution in [0.3, 0.4) is 0 Å². The molecule has 31 heavy (non-hydrogen) atoms. The number of benzene rings is 2. The van der Waals surface area contributed by atoms with Crippen molar-refractivity contribution in [3.05, 3.63) is 65.5 Å². The van der Waals surface area contributed by atoms with E-state index in [1.807, 2.05) is 17.0 Å². The van der Waals surface area contributed by atoms with Crippen molar-refractivity contribution in [3.8, 4) is 11.4 Å². The monoisotopic (exact) mass is 422 g/mol. The number of hydrogen-bond donors (Lipinski definition) is 1. The third-order valence-corrected chi connectivity index (χ3v) is 5.77. The highest BCUT2D eigenvalue weighted by Crippen LogP contribution is 2.26. The molecule has 3 aromatic rings. The van der Waals surface area contributed by atoms with Gasteiger partial charge in [-0.25, -0.2) is 4.39 Å². The quantitative estimate of drug-likeness (QED) is 0.632. The van der Waals surface area contributed by atoms with E-state index in [0.29, 0.717) is 37.4 Å². The Balaban J connectivity index is 1.29. The van der Waals surface area contributed by atoms with E-state index in [2.05, 4.69) is 41.4 Å². The van der Waals surface area contributed by atoms with Gasteiger partial charge >= 0.3 is 6.01 Å². The highest BCUT2D eigenvalue weighted by Gasteiger charge is 2.27. The normalized spacial score (nSPS) is 14.8. The number of carbonyl (C=O) groups excluding carboxylic acids is 1. The van der Waals surface area contributed by atoms with Gasteiger partial charge in [-0.1, -0.05) is 55.4 Å². The summed E-state index contributed by atoms with van der Waals surface area (Å²) in [6.45, 7) is 6.09. The van der Waals surface area contributed by atoms with Crippen molar-refractivity contribution in [2.45, 2.75) is 39.2 Å². The molecule has 0 radical (unpaired) electrons. The molecular formula is C24H27FN4O2. The number of nitrogens with zero attached hydrogens (tertiary/aromatic N) is 3. The minimum absolute atomic E-state index is 0.0282. The SMILES string of the molecule is CC(C)c1ccc(-c2noc(N3CCC(C(=O)NCc4ccc(F)cc4)CC3)n2)cc1. The highest BCUT2D eigenvalue weighted by atomic mass is 19.1. The molecule has 1 aromatic heterocycles.